The molecule has 15 aromatic rings. The number of allylic oxidation sites excluding steroid dienone is 4. The number of methoxy groups -OCH3 is 1. The van der Waals surface area contributed by atoms with Crippen molar-refractivity contribution in [3.63, 3.8) is 0 Å². The third-order valence-corrected chi connectivity index (χ3v) is 27.1. The first-order chi connectivity index (χ1) is 59.2. The second-order valence-electron chi connectivity index (χ2n) is 30.9. The Labute approximate surface area is 741 Å². The fraction of sp³-hybridized carbons (Fsp3) is 0.178. The molecule has 6 aliphatic heterocycles. The zero-order chi connectivity index (χ0) is 82.8. The Hall–Kier alpha value is -12.0. The largest absolute Gasteiger partial charge is 0.497 e. The van der Waals surface area contributed by atoms with Crippen LogP contribution in [0.2, 0.25) is 0 Å². The molecule has 121 heavy (non-hydrogen) atoms. The van der Waals surface area contributed by atoms with Gasteiger partial charge in [-0.3, -0.25) is 21.6 Å². The minimum Gasteiger partial charge on any atom is -0.497 e. The Morgan fingerprint density at radius 3 is 1.49 bits per heavy atom. The van der Waals surface area contributed by atoms with Crippen molar-refractivity contribution in [3.05, 3.63) is 367 Å². The molecule has 7 aliphatic rings. The topological polar surface area (TPSA) is 192 Å². The second kappa shape index (κ2) is 35.4. The number of nitrogens with zero attached hydrogens (tertiary/aromatic N) is 10. The lowest BCUT2D eigenvalue weighted by Gasteiger charge is -2.30. The number of halogens is 4. The van der Waals surface area contributed by atoms with Crippen LogP contribution in [-0.4, -0.2) is 56.0 Å². The molecule has 1 aliphatic carbocycles. The zero-order valence-corrected chi connectivity index (χ0v) is 73.1. The van der Waals surface area contributed by atoms with Crippen LogP contribution in [0, 0.1) is 31.0 Å². The molecule has 608 valence electrons. The van der Waals surface area contributed by atoms with Crippen molar-refractivity contribution in [2.24, 2.45) is 4.99 Å². The fourth-order valence-electron chi connectivity index (χ4n) is 17.3. The number of aryl methyl sites for hydroxylation is 3. The maximum atomic E-state index is 13.5. The van der Waals surface area contributed by atoms with E-state index in [0.29, 0.717) is 22.0 Å². The lowest BCUT2D eigenvalue weighted by molar-refractivity contribution is 0.334. The first kappa shape index (κ1) is 80.1. The number of nitrogens with one attached hydrogen (secondary N) is 4. The molecule has 1 unspecified atom stereocenters. The quantitative estimate of drug-likeness (QED) is 0.109. The van der Waals surface area contributed by atoms with Crippen molar-refractivity contribution in [3.8, 4) is 5.75 Å². The van der Waals surface area contributed by atoms with Gasteiger partial charge >= 0.3 is 0 Å². The number of rotatable bonds is 8. The lowest BCUT2D eigenvalue weighted by atomic mass is 9.97. The molecule has 0 bridgehead atoms. The molecule has 0 amide bonds. The van der Waals surface area contributed by atoms with Crippen LogP contribution in [0.4, 0.5) is 10.1 Å². The molecular weight excluding hydrogens is 1760 g/mol. The van der Waals surface area contributed by atoms with Gasteiger partial charge in [0.15, 0.2) is 0 Å². The first-order valence-electron chi connectivity index (χ1n) is 41.1. The van der Waals surface area contributed by atoms with Crippen LogP contribution in [0.15, 0.2) is 262 Å². The van der Waals surface area contributed by atoms with Gasteiger partial charge in [-0.1, -0.05) is 197 Å². The van der Waals surface area contributed by atoms with Crippen LogP contribution in [-0.2, 0) is 52.0 Å². The Balaban J connectivity index is 0.000000126. The van der Waals surface area contributed by atoms with Crippen molar-refractivity contribution in [2.45, 2.75) is 110 Å². The standard InChI is InChI=1S/C24H18BrFN2.C20H18BrN3S.C20H19N3.C19H17N3O.C18H14IN3.4H2/c25-21-7-3-1-5-17(21)13-19-14-23(16-9-11-20(26)12-10-16)28-15-18-6-2-4-8-22(18)27-24(19)28;21-15-7-3-1-5-12(15)11-13-9-10-24-18(22)17-14-6-2-4-8-16(14)25-20(17)23-19(13)24;1-2-14-7-3-4-8-15(14)13-16-11-12-23-19(21)17-9-5-6-10-18(17)22-20(16)23;1-23-15-8-6-13(7-9-15)12-14-10-11-22-18(20)16-4-2-3-5-17(16)21-19(14)22;19-15-7-3-1-5-12(15)11-13-9-10-22-17(20)14-6-2-4-8-16(14)21-18(13)22;;;;/h1-13,23H,14-15H2;1,3,5,7,11,22H,2,4,6,8-10H2;3-10,13,21H,2,11-12H2,1H3;2-9,12,20H,10-11H2,1H3;1-8,11,20H,9-10H2;4*1H/b19-13+;13-11+,22-18?;16-13+,21-19?;14-12+,20-18?;13-11+,20-17?;;;;. The van der Waals surface area contributed by atoms with Crippen LogP contribution in [0.3, 0.4) is 0 Å². The number of para-hydroxylation sites is 4. The smallest absolute Gasteiger partial charge is 0.139 e. The molecular formula is C101H94Br2FIN14OS. The van der Waals surface area contributed by atoms with Crippen LogP contribution in [0.5, 0.6) is 5.75 Å². The molecule has 0 radical (unpaired) electrons. The summed E-state index contributed by atoms with van der Waals surface area (Å²) in [5, 5.41) is 38.0. The normalized spacial score (nSPS) is 16.7. The number of amidine groups is 1. The van der Waals surface area contributed by atoms with Gasteiger partial charge in [-0.25, -0.2) is 29.3 Å². The predicted octanol–water partition coefficient (Wildman–Crippen LogP) is 24.4. The van der Waals surface area contributed by atoms with Gasteiger partial charge < -0.3 is 27.9 Å². The van der Waals surface area contributed by atoms with Gasteiger partial charge in [-0.2, -0.15) is 0 Å². The van der Waals surface area contributed by atoms with E-state index in [2.05, 4.69) is 198 Å². The van der Waals surface area contributed by atoms with E-state index in [-0.39, 0.29) is 17.6 Å². The highest BCUT2D eigenvalue weighted by atomic mass is 127. The van der Waals surface area contributed by atoms with Gasteiger partial charge in [0.1, 0.15) is 67.5 Å². The van der Waals surface area contributed by atoms with Crippen LogP contribution >= 0.6 is 65.8 Å². The van der Waals surface area contributed by atoms with Crippen molar-refractivity contribution in [2.75, 3.05) is 7.11 Å². The molecule has 11 heterocycles. The summed E-state index contributed by atoms with van der Waals surface area (Å²) in [5.41, 5.74) is 23.1. The van der Waals surface area contributed by atoms with Crippen molar-refractivity contribution >= 4 is 173 Å². The number of hydrogen-bond donors (Lipinski definition) is 4. The van der Waals surface area contributed by atoms with Crippen molar-refractivity contribution < 1.29 is 14.8 Å². The molecule has 0 spiro atoms. The summed E-state index contributed by atoms with van der Waals surface area (Å²) in [5.74, 6) is 5.43. The maximum absolute atomic E-state index is 13.5. The number of benzene rings is 10. The molecule has 22 rings (SSSR count). The van der Waals surface area contributed by atoms with E-state index in [1.165, 1.54) is 82.5 Å². The first-order valence-corrected chi connectivity index (χ1v) is 44.6. The van der Waals surface area contributed by atoms with E-state index < -0.39 is 0 Å². The monoisotopic (exact) mass is 1850 g/mol. The van der Waals surface area contributed by atoms with Crippen LogP contribution in [0.25, 0.3) is 95.6 Å². The third kappa shape index (κ3) is 16.5. The molecule has 4 N–H and O–H groups in total. The molecule has 20 heteroatoms. The summed E-state index contributed by atoms with van der Waals surface area (Å²) in [6.07, 6.45) is 21.4. The molecule has 1 saturated heterocycles. The molecule has 1 atom stereocenters. The molecule has 5 aromatic heterocycles. The van der Waals surface area contributed by atoms with Gasteiger partial charge in [0.25, 0.3) is 0 Å². The number of thiophene rings is 1. The summed E-state index contributed by atoms with van der Waals surface area (Å²) in [6, 6.07) is 80.3. The molecule has 10 aromatic carbocycles. The molecule has 0 saturated carbocycles. The number of aliphatic imine (C=N–C) groups is 1. The Morgan fingerprint density at radius 2 is 0.934 bits per heavy atom. The van der Waals surface area contributed by atoms with Gasteiger partial charge in [-0.05, 0) is 274 Å². The van der Waals surface area contributed by atoms with Crippen LogP contribution < -0.4 is 26.7 Å². The highest BCUT2D eigenvalue weighted by Crippen LogP contribution is 2.45. The lowest BCUT2D eigenvalue weighted by Crippen LogP contribution is -2.30. The van der Waals surface area contributed by atoms with E-state index in [1.54, 1.807) is 19.2 Å². The fourth-order valence-corrected chi connectivity index (χ4v) is 19.9. The highest BCUT2D eigenvalue weighted by molar-refractivity contribution is 14.1. The zero-order valence-electron chi connectivity index (χ0n) is 67.0. The summed E-state index contributed by atoms with van der Waals surface area (Å²) in [4.78, 5) is 29.3. The predicted molar refractivity (Wildman–Crippen MR) is 512 cm³/mol. The van der Waals surface area contributed by atoms with Crippen molar-refractivity contribution in [1.82, 2.24) is 43.1 Å². The molecule has 1 fully saturated rings. The SMILES string of the molecule is CCc1ccccc1/C=C1\CCn2c1nc1ccccc1c2=N.COc1ccc(/C=C2\CCn3c2nc2ccccc2c3=N)cc1.Fc1ccc(C2C/C(=C\c3ccccc3Br)C3=Nc4ccccc4CN32)cc1.N=c1c2c3c(sc2nc2n1CC/C2=C\c1ccccc1Br)CCCC3.N=c1c2ccccc2nc2n1CC/C2=C\c1ccccc1I.[HH].[HH].[HH].[HH]. The summed E-state index contributed by atoms with van der Waals surface area (Å²) < 4.78 is 30.2. The summed E-state index contributed by atoms with van der Waals surface area (Å²) in [6.45, 7) is 6.34. The van der Waals surface area contributed by atoms with Crippen LogP contribution in [0.1, 0.15) is 142 Å². The summed E-state index contributed by atoms with van der Waals surface area (Å²) in [7, 11) is 1.67. The number of aromatic nitrogens is 8. The van der Waals surface area contributed by atoms with E-state index in [0.717, 1.165) is 193 Å². The van der Waals surface area contributed by atoms with Gasteiger partial charge in [-0.15, -0.1) is 11.3 Å². The Kier molecular flexibility index (Phi) is 23.4. The average molecular weight is 1860 g/mol. The second-order valence-corrected chi connectivity index (χ2v) is 34.8. The van der Waals surface area contributed by atoms with E-state index in [4.69, 9.17) is 51.3 Å². The average Bonchev–Trinajstić information content (AvgIpc) is 1.62. The highest BCUT2D eigenvalue weighted by Gasteiger charge is 2.37. The number of fused-ring (bicyclic) bond motifs is 12. The minimum absolute atomic E-state index is 0. The molecule has 15 nitrogen and oxygen atoms in total. The minimum atomic E-state index is -0.205. The number of hydrogen-bond acceptors (Lipinski definition) is 12. The maximum Gasteiger partial charge on any atom is 0.139 e. The van der Waals surface area contributed by atoms with Gasteiger partial charge in [0.05, 0.1) is 40.8 Å². The van der Waals surface area contributed by atoms with Gasteiger partial charge in [0.2, 0.25) is 0 Å². The third-order valence-electron chi connectivity index (χ3n) is 23.5. The Morgan fingerprint density at radius 1 is 0.479 bits per heavy atom. The van der Waals surface area contributed by atoms with Gasteiger partial charge in [0, 0.05) is 78.4 Å². The van der Waals surface area contributed by atoms with Crippen molar-refractivity contribution in [1.29, 1.82) is 21.6 Å². The summed E-state index contributed by atoms with van der Waals surface area (Å²) >= 11 is 11.4. The Bertz CT molecular complexity index is 7100. The van der Waals surface area contributed by atoms with E-state index >= 15 is 0 Å². The van der Waals surface area contributed by atoms with E-state index in [1.807, 2.05) is 158 Å². The number of ether oxygens (including phenoxy) is 1. The van der Waals surface area contributed by atoms with E-state index in [9.17, 15) is 4.39 Å².